The Bertz CT molecular complexity index is 1180. The molecule has 0 amide bonds. The van der Waals surface area contributed by atoms with Crippen molar-refractivity contribution in [1.82, 2.24) is 0 Å². The van der Waals surface area contributed by atoms with Crippen molar-refractivity contribution in [2.24, 2.45) is 0 Å². The van der Waals surface area contributed by atoms with E-state index in [9.17, 15) is 0 Å². The molecule has 0 bridgehead atoms. The molecule has 0 spiro atoms. The molecule has 33 heavy (non-hydrogen) atoms. The van der Waals surface area contributed by atoms with Gasteiger partial charge in [0.1, 0.15) is 0 Å². The van der Waals surface area contributed by atoms with Crippen LogP contribution in [0.4, 0.5) is 0 Å². The third-order valence-electron chi connectivity index (χ3n) is 7.23. The largest absolute Gasteiger partial charge is 0.0877 e. The third kappa shape index (κ3) is 5.04. The summed E-state index contributed by atoms with van der Waals surface area (Å²) in [4.78, 5) is 0. The van der Waals surface area contributed by atoms with Crippen molar-refractivity contribution in [3.05, 3.63) is 111 Å². The lowest BCUT2D eigenvalue weighted by Gasteiger charge is -2.36. The standard InChI is InChI=1S/C32H35I/c1-4-6-7-14-26-22-30(24(5-2)16-12-21-33)28-17-10-11-18-29(28)31(26)32(3)20-19-25-13-8-9-15-27(25)23-32/h4,6-8,10-14,17-22,24H,5,9,15-16,23H2,1-3H3/b6-4-,14-7-,21-12-. The summed E-state index contributed by atoms with van der Waals surface area (Å²) in [6.07, 6.45) is 26.2. The summed E-state index contributed by atoms with van der Waals surface area (Å²) in [5, 5.41) is 2.83. The van der Waals surface area contributed by atoms with Gasteiger partial charge in [-0.1, -0.05) is 127 Å². The molecule has 0 nitrogen and oxygen atoms in total. The zero-order chi connectivity index (χ0) is 23.3. The first-order chi connectivity index (χ1) is 16.1. The minimum Gasteiger partial charge on any atom is -0.0877 e. The number of fused-ring (bicyclic) bond motifs is 1. The van der Waals surface area contributed by atoms with Crippen LogP contribution in [0.15, 0.2) is 94.2 Å². The first kappa shape index (κ1) is 24.0. The summed E-state index contributed by atoms with van der Waals surface area (Å²) in [5.74, 6) is 0.524. The molecule has 0 aliphatic heterocycles. The average Bonchev–Trinajstić information content (AvgIpc) is 2.84. The van der Waals surface area contributed by atoms with Gasteiger partial charge in [0.2, 0.25) is 0 Å². The van der Waals surface area contributed by atoms with Crippen LogP contribution >= 0.6 is 22.6 Å². The van der Waals surface area contributed by atoms with E-state index in [0.29, 0.717) is 5.92 Å². The lowest BCUT2D eigenvalue weighted by atomic mass is 9.68. The van der Waals surface area contributed by atoms with Gasteiger partial charge in [0.15, 0.2) is 0 Å². The fourth-order valence-electron chi connectivity index (χ4n) is 5.57. The van der Waals surface area contributed by atoms with E-state index in [4.69, 9.17) is 0 Å². The van der Waals surface area contributed by atoms with Crippen molar-refractivity contribution < 1.29 is 0 Å². The average molecular weight is 547 g/mol. The third-order valence-corrected chi connectivity index (χ3v) is 7.74. The maximum Gasteiger partial charge on any atom is 0.0156 e. The molecule has 2 aromatic rings. The molecule has 0 heterocycles. The molecule has 1 heteroatoms. The summed E-state index contributed by atoms with van der Waals surface area (Å²) >= 11 is 2.34. The highest BCUT2D eigenvalue weighted by atomic mass is 127. The topological polar surface area (TPSA) is 0 Å². The van der Waals surface area contributed by atoms with Crippen molar-refractivity contribution in [3.63, 3.8) is 0 Å². The first-order valence-corrected chi connectivity index (χ1v) is 13.5. The van der Waals surface area contributed by atoms with E-state index in [1.165, 1.54) is 45.9 Å². The molecule has 2 aromatic carbocycles. The molecular weight excluding hydrogens is 511 g/mol. The van der Waals surface area contributed by atoms with Crippen LogP contribution in [-0.4, -0.2) is 0 Å². The lowest BCUT2D eigenvalue weighted by molar-refractivity contribution is 0.565. The second-order valence-electron chi connectivity index (χ2n) is 9.49. The summed E-state index contributed by atoms with van der Waals surface area (Å²) in [6, 6.07) is 11.6. The number of rotatable bonds is 7. The predicted octanol–water partition coefficient (Wildman–Crippen LogP) is 10.1. The Morgan fingerprint density at radius 1 is 1.12 bits per heavy atom. The number of hydrogen-bond acceptors (Lipinski definition) is 0. The minimum atomic E-state index is -0.0123. The monoisotopic (exact) mass is 546 g/mol. The zero-order valence-corrected chi connectivity index (χ0v) is 22.3. The molecule has 2 atom stereocenters. The van der Waals surface area contributed by atoms with E-state index in [1.807, 2.05) is 0 Å². The Balaban J connectivity index is 1.95. The van der Waals surface area contributed by atoms with Gasteiger partial charge in [0.05, 0.1) is 0 Å². The Kier molecular flexibility index (Phi) is 7.90. The van der Waals surface area contributed by atoms with Crippen molar-refractivity contribution in [2.75, 3.05) is 0 Å². The number of halogens is 1. The SMILES string of the molecule is C/C=C\C=C/c1cc(C(CC)C/C=C\I)c2ccccc2c1C1(C)C=CC2=C(CCC=C2)C1. The molecular formula is C32H35I. The van der Waals surface area contributed by atoms with Gasteiger partial charge in [-0.2, -0.15) is 0 Å². The van der Waals surface area contributed by atoms with E-state index >= 15 is 0 Å². The van der Waals surface area contributed by atoms with Gasteiger partial charge in [-0.15, -0.1) is 0 Å². The second-order valence-corrected chi connectivity index (χ2v) is 10.2. The molecule has 0 aromatic heterocycles. The minimum absolute atomic E-state index is 0.0123. The number of benzene rings is 2. The van der Waals surface area contributed by atoms with Gasteiger partial charge in [-0.25, -0.2) is 0 Å². The van der Waals surface area contributed by atoms with E-state index in [1.54, 1.807) is 5.57 Å². The van der Waals surface area contributed by atoms with Gasteiger partial charge in [-0.05, 0) is 82.1 Å². The zero-order valence-electron chi connectivity index (χ0n) is 20.2. The second kappa shape index (κ2) is 10.9. The molecule has 2 aliphatic carbocycles. The van der Waals surface area contributed by atoms with Gasteiger partial charge >= 0.3 is 0 Å². The molecule has 0 saturated heterocycles. The fraction of sp³-hybridized carbons (Fsp3) is 0.312. The molecule has 0 N–H and O–H groups in total. The summed E-state index contributed by atoms with van der Waals surface area (Å²) < 4.78 is 2.15. The Morgan fingerprint density at radius 3 is 2.70 bits per heavy atom. The summed E-state index contributed by atoms with van der Waals surface area (Å²) in [5.41, 5.74) is 7.34. The van der Waals surface area contributed by atoms with E-state index in [-0.39, 0.29) is 5.41 Å². The highest BCUT2D eigenvalue weighted by molar-refractivity contribution is 14.1. The van der Waals surface area contributed by atoms with Crippen LogP contribution < -0.4 is 0 Å². The smallest absolute Gasteiger partial charge is 0.0156 e. The quantitative estimate of drug-likeness (QED) is 0.239. The van der Waals surface area contributed by atoms with Crippen LogP contribution in [0.25, 0.3) is 16.8 Å². The fourth-order valence-corrected chi connectivity index (χ4v) is 5.87. The normalized spacial score (nSPS) is 21.7. The van der Waals surface area contributed by atoms with Crippen LogP contribution in [0.1, 0.15) is 75.5 Å². The van der Waals surface area contributed by atoms with Gasteiger partial charge in [0.25, 0.3) is 0 Å². The summed E-state index contributed by atoms with van der Waals surface area (Å²) in [7, 11) is 0. The number of hydrogen-bond donors (Lipinski definition) is 0. The maximum atomic E-state index is 2.50. The van der Waals surface area contributed by atoms with E-state index < -0.39 is 0 Å². The van der Waals surface area contributed by atoms with Gasteiger partial charge < -0.3 is 0 Å². The molecule has 0 fully saturated rings. The number of allylic oxidation sites excluding steroid dienone is 10. The molecule has 0 radical (unpaired) electrons. The molecule has 170 valence electrons. The summed E-state index contributed by atoms with van der Waals surface area (Å²) in [6.45, 7) is 6.84. The Morgan fingerprint density at radius 2 is 1.94 bits per heavy atom. The van der Waals surface area contributed by atoms with E-state index in [2.05, 4.69) is 132 Å². The van der Waals surface area contributed by atoms with Crippen molar-refractivity contribution in [2.45, 2.75) is 64.2 Å². The van der Waals surface area contributed by atoms with Crippen LogP contribution in [0, 0.1) is 0 Å². The Hall–Kier alpha value is -2.13. The molecule has 4 rings (SSSR count). The predicted molar refractivity (Wildman–Crippen MR) is 155 cm³/mol. The first-order valence-electron chi connectivity index (χ1n) is 12.3. The highest BCUT2D eigenvalue weighted by Gasteiger charge is 2.33. The van der Waals surface area contributed by atoms with Crippen LogP contribution in [0.5, 0.6) is 0 Å². The van der Waals surface area contributed by atoms with Crippen LogP contribution in [0.3, 0.4) is 0 Å². The van der Waals surface area contributed by atoms with E-state index in [0.717, 1.165) is 19.3 Å². The highest BCUT2D eigenvalue weighted by Crippen LogP contribution is 2.46. The Labute approximate surface area is 213 Å². The van der Waals surface area contributed by atoms with Crippen molar-refractivity contribution in [1.29, 1.82) is 0 Å². The van der Waals surface area contributed by atoms with Gasteiger partial charge in [0, 0.05) is 5.41 Å². The van der Waals surface area contributed by atoms with Crippen LogP contribution in [0.2, 0.25) is 0 Å². The molecule has 0 saturated carbocycles. The molecule has 2 unspecified atom stereocenters. The maximum absolute atomic E-state index is 2.50. The van der Waals surface area contributed by atoms with Gasteiger partial charge in [-0.3, -0.25) is 0 Å². The van der Waals surface area contributed by atoms with Crippen molar-refractivity contribution >= 4 is 39.4 Å². The lowest BCUT2D eigenvalue weighted by Crippen LogP contribution is -2.25. The van der Waals surface area contributed by atoms with Crippen molar-refractivity contribution in [3.8, 4) is 0 Å². The van der Waals surface area contributed by atoms with Crippen LogP contribution in [-0.2, 0) is 5.41 Å². The molecule has 2 aliphatic rings.